The lowest BCUT2D eigenvalue weighted by Crippen LogP contribution is -2.30. The molecule has 4 nitrogen and oxygen atoms in total. The summed E-state index contributed by atoms with van der Waals surface area (Å²) in [5.74, 6) is 0.635. The lowest BCUT2D eigenvalue weighted by molar-refractivity contribution is 0.0949. The molecule has 0 bridgehead atoms. The molecular weight excluding hydrogens is 344 g/mol. The van der Waals surface area contributed by atoms with Crippen molar-refractivity contribution in [1.82, 2.24) is 5.32 Å². The molecule has 26 heavy (non-hydrogen) atoms. The van der Waals surface area contributed by atoms with E-state index in [1.54, 1.807) is 23.7 Å². The van der Waals surface area contributed by atoms with E-state index in [-0.39, 0.29) is 5.91 Å². The van der Waals surface area contributed by atoms with Crippen LogP contribution >= 0.6 is 11.3 Å². The number of nitrogens with one attached hydrogen (secondary N) is 1. The first kappa shape index (κ1) is 16.9. The second-order valence-electron chi connectivity index (χ2n) is 6.78. The van der Waals surface area contributed by atoms with Crippen LogP contribution in [-0.2, 0) is 19.5 Å². The van der Waals surface area contributed by atoms with Crippen molar-refractivity contribution in [3.63, 3.8) is 0 Å². The molecule has 3 aromatic rings. The van der Waals surface area contributed by atoms with Gasteiger partial charge in [-0.15, -0.1) is 11.3 Å². The summed E-state index contributed by atoms with van der Waals surface area (Å²) in [5.41, 5.74) is 4.42. The Morgan fingerprint density at radius 3 is 2.96 bits per heavy atom. The van der Waals surface area contributed by atoms with Crippen molar-refractivity contribution in [2.24, 2.45) is 0 Å². The molecule has 0 fully saturated rings. The molecule has 0 saturated carbocycles. The Hall–Kier alpha value is -2.53. The van der Waals surface area contributed by atoms with E-state index in [0.29, 0.717) is 30.5 Å². The number of thiophene rings is 1. The molecule has 1 unspecified atom stereocenters. The van der Waals surface area contributed by atoms with Gasteiger partial charge in [-0.25, -0.2) is 0 Å². The number of para-hydroxylation sites is 1. The molecule has 3 heterocycles. The third-order valence-corrected chi connectivity index (χ3v) is 6.05. The van der Waals surface area contributed by atoms with Crippen LogP contribution in [0, 0.1) is 6.92 Å². The fourth-order valence-electron chi connectivity index (χ4n) is 3.53. The van der Waals surface area contributed by atoms with Gasteiger partial charge in [-0.1, -0.05) is 18.2 Å². The van der Waals surface area contributed by atoms with Crippen LogP contribution in [0.25, 0.3) is 0 Å². The smallest absolute Gasteiger partial charge is 0.255 e. The van der Waals surface area contributed by atoms with Crippen molar-refractivity contribution in [1.29, 1.82) is 0 Å². The van der Waals surface area contributed by atoms with Crippen LogP contribution < -0.4 is 10.2 Å². The Labute approximate surface area is 157 Å². The number of rotatable bonds is 5. The second kappa shape index (κ2) is 7.00. The van der Waals surface area contributed by atoms with E-state index in [2.05, 4.69) is 54.4 Å². The van der Waals surface area contributed by atoms with Gasteiger partial charge in [0.15, 0.2) is 0 Å². The summed E-state index contributed by atoms with van der Waals surface area (Å²) in [5, 5.41) is 5.06. The number of furan rings is 1. The molecule has 1 atom stereocenters. The van der Waals surface area contributed by atoms with Crippen molar-refractivity contribution in [2.45, 2.75) is 39.4 Å². The molecule has 0 saturated heterocycles. The van der Waals surface area contributed by atoms with Gasteiger partial charge in [-0.3, -0.25) is 4.79 Å². The summed E-state index contributed by atoms with van der Waals surface area (Å²) in [7, 11) is 0. The highest BCUT2D eigenvalue weighted by Crippen LogP contribution is 2.33. The van der Waals surface area contributed by atoms with Crippen molar-refractivity contribution >= 4 is 22.9 Å². The van der Waals surface area contributed by atoms with E-state index in [4.69, 9.17) is 4.42 Å². The molecule has 1 amide bonds. The summed E-state index contributed by atoms with van der Waals surface area (Å²) in [4.78, 5) is 16.1. The standard InChI is InChI=1S/C21H22N2O2S/c1-14-8-10-26-20(14)12-22-21(24)17-7-9-25-19(17)13-23-15(2)11-16-5-3-4-6-18(16)23/h3-10,15H,11-13H2,1-2H3,(H,22,24). The molecule has 5 heteroatoms. The molecule has 4 rings (SSSR count). The highest BCUT2D eigenvalue weighted by atomic mass is 32.1. The van der Waals surface area contributed by atoms with Gasteiger partial charge in [0.2, 0.25) is 0 Å². The molecule has 1 aliphatic rings. The molecule has 134 valence electrons. The lowest BCUT2D eigenvalue weighted by atomic mass is 10.1. The SMILES string of the molecule is Cc1ccsc1CNC(=O)c1ccoc1CN1c2ccccc2CC1C. The molecule has 1 N–H and O–H groups in total. The van der Waals surface area contributed by atoms with Crippen LogP contribution in [0.3, 0.4) is 0 Å². The predicted octanol–water partition coefficient (Wildman–Crippen LogP) is 4.53. The molecule has 1 aromatic carbocycles. The third kappa shape index (κ3) is 3.15. The van der Waals surface area contributed by atoms with E-state index in [0.717, 1.165) is 6.42 Å². The predicted molar refractivity (Wildman–Crippen MR) is 105 cm³/mol. The maximum atomic E-state index is 12.6. The third-order valence-electron chi connectivity index (χ3n) is 5.03. The zero-order chi connectivity index (χ0) is 18.1. The monoisotopic (exact) mass is 366 g/mol. The fraction of sp³-hybridized carbons (Fsp3) is 0.286. The van der Waals surface area contributed by atoms with Crippen LogP contribution in [0.2, 0.25) is 0 Å². The highest BCUT2D eigenvalue weighted by Gasteiger charge is 2.27. The van der Waals surface area contributed by atoms with Crippen LogP contribution in [0.1, 0.15) is 39.0 Å². The fourth-order valence-corrected chi connectivity index (χ4v) is 4.38. The van der Waals surface area contributed by atoms with E-state index in [9.17, 15) is 4.79 Å². The number of carbonyl (C=O) groups is 1. The molecule has 0 aliphatic carbocycles. The summed E-state index contributed by atoms with van der Waals surface area (Å²) in [6.45, 7) is 5.43. The quantitative estimate of drug-likeness (QED) is 0.721. The van der Waals surface area contributed by atoms with Gasteiger partial charge in [-0.2, -0.15) is 0 Å². The zero-order valence-corrected chi connectivity index (χ0v) is 15.8. The number of nitrogens with zero attached hydrogens (tertiary/aromatic N) is 1. The summed E-state index contributed by atoms with van der Waals surface area (Å²) in [6.07, 6.45) is 2.63. The van der Waals surface area contributed by atoms with Gasteiger partial charge in [0, 0.05) is 16.6 Å². The van der Waals surface area contributed by atoms with E-state index in [1.807, 2.05) is 5.38 Å². The number of aryl methyl sites for hydroxylation is 1. The van der Waals surface area contributed by atoms with Crippen molar-refractivity contribution < 1.29 is 9.21 Å². The van der Waals surface area contributed by atoms with E-state index < -0.39 is 0 Å². The average molecular weight is 366 g/mol. The Morgan fingerprint density at radius 1 is 1.31 bits per heavy atom. The van der Waals surface area contributed by atoms with E-state index in [1.165, 1.54) is 21.7 Å². The Bertz CT molecular complexity index is 928. The van der Waals surface area contributed by atoms with E-state index >= 15 is 0 Å². The number of carbonyl (C=O) groups excluding carboxylic acids is 1. The first-order valence-electron chi connectivity index (χ1n) is 8.85. The number of anilines is 1. The lowest BCUT2D eigenvalue weighted by Gasteiger charge is -2.24. The molecule has 1 aliphatic heterocycles. The van der Waals surface area contributed by atoms with Gasteiger partial charge in [0.05, 0.1) is 24.9 Å². The average Bonchev–Trinajstić information content (AvgIpc) is 3.33. The topological polar surface area (TPSA) is 45.5 Å². The van der Waals surface area contributed by atoms with Crippen LogP contribution in [-0.4, -0.2) is 11.9 Å². The number of hydrogen-bond donors (Lipinski definition) is 1. The van der Waals surface area contributed by atoms with Crippen molar-refractivity contribution in [2.75, 3.05) is 4.90 Å². The first-order chi connectivity index (χ1) is 12.6. The zero-order valence-electron chi connectivity index (χ0n) is 15.0. The maximum Gasteiger partial charge on any atom is 0.255 e. The summed E-state index contributed by atoms with van der Waals surface area (Å²) < 4.78 is 5.67. The Kier molecular flexibility index (Phi) is 4.55. The summed E-state index contributed by atoms with van der Waals surface area (Å²) in [6, 6.07) is 12.7. The Balaban J connectivity index is 1.49. The van der Waals surface area contributed by atoms with Crippen LogP contribution in [0.4, 0.5) is 5.69 Å². The minimum atomic E-state index is -0.0818. The number of amides is 1. The molecule has 0 radical (unpaired) electrons. The van der Waals surface area contributed by atoms with Gasteiger partial charge >= 0.3 is 0 Å². The number of benzene rings is 1. The van der Waals surface area contributed by atoms with Gasteiger partial charge in [0.1, 0.15) is 5.76 Å². The van der Waals surface area contributed by atoms with Crippen molar-refractivity contribution in [3.8, 4) is 0 Å². The first-order valence-corrected chi connectivity index (χ1v) is 9.73. The van der Waals surface area contributed by atoms with Crippen molar-refractivity contribution in [3.05, 3.63) is 75.4 Å². The molecule has 2 aromatic heterocycles. The van der Waals surface area contributed by atoms with Gasteiger partial charge in [-0.05, 0) is 55.0 Å². The normalized spacial score (nSPS) is 15.9. The minimum absolute atomic E-state index is 0.0818. The van der Waals surface area contributed by atoms with Gasteiger partial charge in [0.25, 0.3) is 5.91 Å². The molecule has 0 spiro atoms. The maximum absolute atomic E-state index is 12.6. The Morgan fingerprint density at radius 2 is 2.15 bits per heavy atom. The summed E-state index contributed by atoms with van der Waals surface area (Å²) >= 11 is 1.67. The highest BCUT2D eigenvalue weighted by molar-refractivity contribution is 7.10. The van der Waals surface area contributed by atoms with Gasteiger partial charge < -0.3 is 14.6 Å². The van der Waals surface area contributed by atoms with Crippen LogP contribution in [0.15, 0.2) is 52.5 Å². The number of fused-ring (bicyclic) bond motifs is 1. The minimum Gasteiger partial charge on any atom is -0.467 e. The largest absolute Gasteiger partial charge is 0.467 e. The number of hydrogen-bond acceptors (Lipinski definition) is 4. The second-order valence-corrected chi connectivity index (χ2v) is 7.78. The van der Waals surface area contributed by atoms with Crippen LogP contribution in [0.5, 0.6) is 0 Å². The molecular formula is C21H22N2O2S.